The number of rotatable bonds is 3. The van der Waals surface area contributed by atoms with Gasteiger partial charge >= 0.3 is 11.9 Å². The minimum Gasteiger partial charge on any atom is -0.495 e. The summed E-state index contributed by atoms with van der Waals surface area (Å²) in [6.45, 7) is 2.62. The van der Waals surface area contributed by atoms with Crippen LogP contribution in [0.2, 0.25) is 0 Å². The van der Waals surface area contributed by atoms with Crippen molar-refractivity contribution in [3.63, 3.8) is 0 Å². The molecule has 5 rings (SSSR count). The van der Waals surface area contributed by atoms with Gasteiger partial charge in [-0.15, -0.1) is 0 Å². The van der Waals surface area contributed by atoms with Gasteiger partial charge < -0.3 is 28.4 Å². The first-order valence-electron chi connectivity index (χ1n) is 13.7. The molecule has 0 aromatic heterocycles. The minimum absolute atomic E-state index is 0.0280. The van der Waals surface area contributed by atoms with Gasteiger partial charge in [-0.1, -0.05) is 12.2 Å². The highest BCUT2D eigenvalue weighted by Crippen LogP contribution is 2.50. The Hall–Kier alpha value is -4.01. The average molecular weight is 551 g/mol. The number of hydrogen-bond acceptors (Lipinski definition) is 9. The van der Waals surface area contributed by atoms with Gasteiger partial charge in [-0.2, -0.15) is 0 Å². The van der Waals surface area contributed by atoms with Crippen LogP contribution in [0.15, 0.2) is 24.3 Å². The van der Waals surface area contributed by atoms with E-state index in [1.54, 1.807) is 19.3 Å². The van der Waals surface area contributed by atoms with Gasteiger partial charge in [0.1, 0.15) is 36.1 Å². The lowest BCUT2D eigenvalue weighted by atomic mass is 9.83. The molecule has 0 aliphatic carbocycles. The second-order valence-corrected chi connectivity index (χ2v) is 10.2. The van der Waals surface area contributed by atoms with Crippen molar-refractivity contribution in [3.8, 4) is 28.7 Å². The molecule has 0 saturated heterocycles. The Balaban J connectivity index is 1.65. The molecular formula is C31H34O9. The van der Waals surface area contributed by atoms with Crippen molar-refractivity contribution < 1.29 is 42.8 Å². The number of carbonyl (C=O) groups excluding carboxylic acids is 3. The first-order valence-corrected chi connectivity index (χ1v) is 13.7. The SMILES string of the molecule is COc1cc([C@H]2CC(=O)Oc3cc4c(c(OC)c32)C(=O)O[C@H](C)CCCC(=O)CCCC=C4)cc2c1OCCO2. The van der Waals surface area contributed by atoms with Crippen molar-refractivity contribution in [1.29, 1.82) is 0 Å². The van der Waals surface area contributed by atoms with Gasteiger partial charge in [0.2, 0.25) is 5.75 Å². The van der Waals surface area contributed by atoms with Crippen molar-refractivity contribution in [2.24, 2.45) is 0 Å². The van der Waals surface area contributed by atoms with Crippen LogP contribution in [-0.4, -0.2) is 51.3 Å². The summed E-state index contributed by atoms with van der Waals surface area (Å²) in [6, 6.07) is 5.33. The summed E-state index contributed by atoms with van der Waals surface area (Å²) < 4.78 is 34.6. The third-order valence-electron chi connectivity index (χ3n) is 7.41. The average Bonchev–Trinajstić information content (AvgIpc) is 2.94. The number of benzene rings is 2. The standard InChI is InChI=1S/C31H34O9/c1-18-8-7-11-21(32)10-6-4-5-9-19-14-23-28(30(36-3)27(19)31(34)39-18)22(17-26(33)40-23)20-15-24(35-2)29-25(16-20)37-12-13-38-29/h5,9,14-16,18,22H,4,6-8,10-13,17H2,1-3H3/t18-,22-/m1/s1. The fourth-order valence-corrected chi connectivity index (χ4v) is 5.49. The number of esters is 2. The maximum absolute atomic E-state index is 13.6. The molecule has 0 saturated carbocycles. The van der Waals surface area contributed by atoms with E-state index in [1.807, 2.05) is 25.1 Å². The van der Waals surface area contributed by atoms with Crippen molar-refractivity contribution in [2.75, 3.05) is 27.4 Å². The molecule has 9 heteroatoms. The molecule has 40 heavy (non-hydrogen) atoms. The van der Waals surface area contributed by atoms with Crippen LogP contribution in [0, 0.1) is 0 Å². The lowest BCUT2D eigenvalue weighted by molar-refractivity contribution is -0.135. The highest BCUT2D eigenvalue weighted by molar-refractivity contribution is 5.99. The maximum atomic E-state index is 13.6. The van der Waals surface area contributed by atoms with Crippen LogP contribution in [0.3, 0.4) is 0 Å². The van der Waals surface area contributed by atoms with Gasteiger partial charge in [0.15, 0.2) is 11.5 Å². The van der Waals surface area contributed by atoms with Crippen LogP contribution in [0.5, 0.6) is 28.7 Å². The number of allylic oxidation sites excluding steroid dienone is 1. The maximum Gasteiger partial charge on any atom is 0.342 e. The van der Waals surface area contributed by atoms with E-state index in [1.165, 1.54) is 7.11 Å². The van der Waals surface area contributed by atoms with Crippen LogP contribution in [-0.2, 0) is 14.3 Å². The summed E-state index contributed by atoms with van der Waals surface area (Å²) in [5.74, 6) is 0.890. The van der Waals surface area contributed by atoms with E-state index < -0.39 is 24.0 Å². The van der Waals surface area contributed by atoms with Gasteiger partial charge in [0.05, 0.1) is 26.7 Å². The zero-order valence-electron chi connectivity index (χ0n) is 23.1. The van der Waals surface area contributed by atoms with Crippen LogP contribution in [0.4, 0.5) is 0 Å². The Morgan fingerprint density at radius 3 is 2.52 bits per heavy atom. The molecule has 3 aliphatic rings. The van der Waals surface area contributed by atoms with E-state index in [9.17, 15) is 14.4 Å². The Labute approximate surface area is 233 Å². The lowest BCUT2D eigenvalue weighted by Crippen LogP contribution is -2.24. The predicted octanol–water partition coefficient (Wildman–Crippen LogP) is 5.40. The van der Waals surface area contributed by atoms with Gasteiger partial charge in [-0.25, -0.2) is 4.79 Å². The van der Waals surface area contributed by atoms with E-state index in [0.29, 0.717) is 85.2 Å². The Bertz CT molecular complexity index is 1330. The van der Waals surface area contributed by atoms with Crippen molar-refractivity contribution in [1.82, 2.24) is 0 Å². The number of Topliss-reactive ketones (excluding diaryl/α,β-unsaturated/α-hetero) is 1. The molecule has 0 N–H and O–H groups in total. The molecule has 9 nitrogen and oxygen atoms in total. The van der Waals surface area contributed by atoms with Crippen molar-refractivity contribution >= 4 is 23.8 Å². The predicted molar refractivity (Wildman–Crippen MR) is 146 cm³/mol. The Morgan fingerprint density at radius 1 is 0.925 bits per heavy atom. The first-order chi connectivity index (χ1) is 19.4. The Morgan fingerprint density at radius 2 is 1.73 bits per heavy atom. The molecule has 3 heterocycles. The lowest BCUT2D eigenvalue weighted by Gasteiger charge is -2.30. The summed E-state index contributed by atoms with van der Waals surface area (Å²) in [5.41, 5.74) is 2.10. The van der Waals surface area contributed by atoms with E-state index in [4.69, 9.17) is 28.4 Å². The summed E-state index contributed by atoms with van der Waals surface area (Å²) in [5, 5.41) is 0. The molecule has 2 aromatic carbocycles. The molecule has 0 unspecified atom stereocenters. The molecular weight excluding hydrogens is 516 g/mol. The summed E-state index contributed by atoms with van der Waals surface area (Å²) in [4.78, 5) is 38.6. The zero-order valence-corrected chi connectivity index (χ0v) is 23.1. The second-order valence-electron chi connectivity index (χ2n) is 10.2. The highest BCUT2D eigenvalue weighted by atomic mass is 16.6. The zero-order chi connectivity index (χ0) is 28.2. The van der Waals surface area contributed by atoms with Gasteiger partial charge in [-0.3, -0.25) is 9.59 Å². The molecule has 0 spiro atoms. The third kappa shape index (κ3) is 5.64. The number of ether oxygens (including phenoxy) is 6. The molecule has 2 aromatic rings. The molecule has 2 atom stereocenters. The second kappa shape index (κ2) is 12.0. The molecule has 212 valence electrons. The van der Waals surface area contributed by atoms with Crippen LogP contribution in [0.25, 0.3) is 6.08 Å². The smallest absolute Gasteiger partial charge is 0.342 e. The monoisotopic (exact) mass is 550 g/mol. The van der Waals surface area contributed by atoms with E-state index in [-0.39, 0.29) is 17.8 Å². The molecule has 0 amide bonds. The number of fused-ring (bicyclic) bond motifs is 3. The van der Waals surface area contributed by atoms with Crippen molar-refractivity contribution in [2.45, 2.75) is 63.9 Å². The third-order valence-corrected chi connectivity index (χ3v) is 7.41. The summed E-state index contributed by atoms with van der Waals surface area (Å²) in [6.07, 6.45) is 6.94. The number of cyclic esters (lactones) is 1. The van der Waals surface area contributed by atoms with Crippen molar-refractivity contribution in [3.05, 3.63) is 46.5 Å². The minimum atomic E-state index is -0.536. The normalized spacial score (nSPS) is 21.3. The summed E-state index contributed by atoms with van der Waals surface area (Å²) >= 11 is 0. The number of hydrogen-bond donors (Lipinski definition) is 0. The van der Waals surface area contributed by atoms with Gasteiger partial charge in [0.25, 0.3) is 0 Å². The van der Waals surface area contributed by atoms with Gasteiger partial charge in [-0.05, 0) is 61.9 Å². The van der Waals surface area contributed by atoms with Crippen LogP contribution in [0.1, 0.15) is 84.8 Å². The Kier molecular flexibility index (Phi) is 8.28. The quantitative estimate of drug-likeness (QED) is 0.367. The number of carbonyl (C=O) groups is 3. The summed E-state index contributed by atoms with van der Waals surface area (Å²) in [7, 11) is 3.04. The molecule has 0 fully saturated rings. The first kappa shape index (κ1) is 27.6. The van der Waals surface area contributed by atoms with E-state index >= 15 is 0 Å². The molecule has 0 radical (unpaired) electrons. The van der Waals surface area contributed by atoms with E-state index in [2.05, 4.69) is 0 Å². The van der Waals surface area contributed by atoms with E-state index in [0.717, 1.165) is 12.0 Å². The van der Waals surface area contributed by atoms with Gasteiger partial charge in [0, 0.05) is 24.3 Å². The van der Waals surface area contributed by atoms with Crippen LogP contribution < -0.4 is 23.7 Å². The van der Waals surface area contributed by atoms with Crippen LogP contribution >= 0.6 is 0 Å². The number of methoxy groups -OCH3 is 2. The highest BCUT2D eigenvalue weighted by Gasteiger charge is 2.37. The largest absolute Gasteiger partial charge is 0.495 e. The fourth-order valence-electron chi connectivity index (χ4n) is 5.49. The molecule has 0 bridgehead atoms. The fraction of sp³-hybridized carbons (Fsp3) is 0.452. The topological polar surface area (TPSA) is 107 Å². The number of ketones is 1. The molecule has 3 aliphatic heterocycles.